The van der Waals surface area contributed by atoms with Gasteiger partial charge in [0.25, 0.3) is 0 Å². The normalized spacial score (nSPS) is 25.1. The molecule has 2 atom stereocenters. The first-order valence-corrected chi connectivity index (χ1v) is 7.59. The van der Waals surface area contributed by atoms with Gasteiger partial charge in [-0.3, -0.25) is 9.78 Å². The van der Waals surface area contributed by atoms with Gasteiger partial charge in [0.15, 0.2) is 6.19 Å². The lowest BCUT2D eigenvalue weighted by Crippen LogP contribution is -2.30. The highest BCUT2D eigenvalue weighted by molar-refractivity contribution is 5.77. The van der Waals surface area contributed by atoms with E-state index in [4.69, 9.17) is 5.26 Å². The molecule has 0 aliphatic carbocycles. The Kier molecular flexibility index (Phi) is 4.05. The number of hydrogen-bond acceptors (Lipinski definition) is 4. The Morgan fingerprint density at radius 1 is 1.33 bits per heavy atom. The summed E-state index contributed by atoms with van der Waals surface area (Å²) in [6, 6.07) is 5.96. The van der Waals surface area contributed by atoms with Crippen molar-refractivity contribution in [2.45, 2.75) is 25.2 Å². The maximum atomic E-state index is 12.4. The van der Waals surface area contributed by atoms with Gasteiger partial charge in [-0.05, 0) is 30.9 Å². The lowest BCUT2D eigenvalue weighted by molar-refractivity contribution is -0.131. The second kappa shape index (κ2) is 6.13. The van der Waals surface area contributed by atoms with E-state index in [-0.39, 0.29) is 5.91 Å². The van der Waals surface area contributed by atoms with Crippen molar-refractivity contribution >= 4 is 5.91 Å². The largest absolute Gasteiger partial charge is 0.342 e. The van der Waals surface area contributed by atoms with Crippen LogP contribution in [0.1, 0.15) is 30.9 Å². The molecule has 2 aliphatic heterocycles. The third kappa shape index (κ3) is 3.15. The van der Waals surface area contributed by atoms with E-state index in [9.17, 15) is 4.79 Å². The average molecular weight is 284 g/mol. The molecule has 2 fully saturated rings. The molecular formula is C16H20N4O. The van der Waals surface area contributed by atoms with Gasteiger partial charge >= 0.3 is 0 Å². The van der Waals surface area contributed by atoms with Gasteiger partial charge in [-0.2, -0.15) is 5.26 Å². The third-order valence-electron chi connectivity index (χ3n) is 4.54. The Hall–Kier alpha value is -2.09. The van der Waals surface area contributed by atoms with Crippen LogP contribution in [-0.2, 0) is 4.79 Å². The summed E-state index contributed by atoms with van der Waals surface area (Å²) in [5.74, 6) is 0.943. The van der Waals surface area contributed by atoms with Crippen molar-refractivity contribution in [1.29, 1.82) is 5.26 Å². The molecule has 0 aromatic carbocycles. The molecule has 1 amide bonds. The SMILES string of the molecule is N#CN1CC[C@@H](CC(=O)N2CCC(c3ccccn3)C2)C1. The number of aromatic nitrogens is 1. The zero-order valence-corrected chi connectivity index (χ0v) is 12.1. The topological polar surface area (TPSA) is 60.2 Å². The van der Waals surface area contributed by atoms with Crippen LogP contribution in [0, 0.1) is 17.4 Å². The van der Waals surface area contributed by atoms with Gasteiger partial charge < -0.3 is 9.80 Å². The molecule has 1 aromatic rings. The summed E-state index contributed by atoms with van der Waals surface area (Å²) >= 11 is 0. The van der Waals surface area contributed by atoms with Crippen LogP contribution in [0.3, 0.4) is 0 Å². The molecule has 5 heteroatoms. The zero-order valence-electron chi connectivity index (χ0n) is 12.1. The van der Waals surface area contributed by atoms with E-state index in [1.165, 1.54) is 0 Å². The molecule has 1 aromatic heterocycles. The fourth-order valence-electron chi connectivity index (χ4n) is 3.31. The summed E-state index contributed by atoms with van der Waals surface area (Å²) in [6.45, 7) is 3.14. The lowest BCUT2D eigenvalue weighted by Gasteiger charge is -2.18. The standard InChI is InChI=1S/C16H20N4O/c17-12-19-7-4-13(10-19)9-16(21)20-8-5-14(11-20)15-3-1-2-6-18-15/h1-3,6,13-14H,4-5,7-11H2/t13-,14?/m0/s1. The molecule has 0 N–H and O–H groups in total. The molecule has 5 nitrogen and oxygen atoms in total. The summed E-state index contributed by atoms with van der Waals surface area (Å²) in [6.07, 6.45) is 6.51. The van der Waals surface area contributed by atoms with Crippen LogP contribution in [0.5, 0.6) is 0 Å². The molecule has 0 radical (unpaired) electrons. The monoisotopic (exact) mass is 284 g/mol. The first kappa shape index (κ1) is 13.9. The highest BCUT2D eigenvalue weighted by Crippen LogP contribution is 2.27. The summed E-state index contributed by atoms with van der Waals surface area (Å²) in [4.78, 5) is 20.5. The fourth-order valence-corrected chi connectivity index (χ4v) is 3.31. The molecule has 0 saturated carbocycles. The van der Waals surface area contributed by atoms with Gasteiger partial charge in [0, 0.05) is 50.4 Å². The second-order valence-electron chi connectivity index (χ2n) is 5.98. The van der Waals surface area contributed by atoms with Crippen LogP contribution >= 0.6 is 0 Å². The molecule has 2 aliphatic rings. The van der Waals surface area contributed by atoms with Crippen molar-refractivity contribution in [2.24, 2.45) is 5.92 Å². The van der Waals surface area contributed by atoms with Gasteiger partial charge in [0.05, 0.1) is 0 Å². The number of likely N-dealkylation sites (tertiary alicyclic amines) is 2. The zero-order chi connectivity index (χ0) is 14.7. The number of amides is 1. The molecular weight excluding hydrogens is 264 g/mol. The van der Waals surface area contributed by atoms with Crippen molar-refractivity contribution < 1.29 is 4.79 Å². The van der Waals surface area contributed by atoms with E-state index in [1.807, 2.05) is 29.3 Å². The smallest absolute Gasteiger partial charge is 0.222 e. The molecule has 0 bridgehead atoms. The Morgan fingerprint density at radius 2 is 2.24 bits per heavy atom. The molecule has 0 spiro atoms. The third-order valence-corrected chi connectivity index (χ3v) is 4.54. The van der Waals surface area contributed by atoms with E-state index in [0.29, 0.717) is 18.3 Å². The van der Waals surface area contributed by atoms with E-state index < -0.39 is 0 Å². The number of rotatable bonds is 3. The highest BCUT2D eigenvalue weighted by atomic mass is 16.2. The minimum absolute atomic E-state index is 0.234. The maximum Gasteiger partial charge on any atom is 0.222 e. The van der Waals surface area contributed by atoms with Crippen LogP contribution < -0.4 is 0 Å². The van der Waals surface area contributed by atoms with Crippen LogP contribution in [-0.4, -0.2) is 46.9 Å². The van der Waals surface area contributed by atoms with Crippen molar-refractivity contribution in [3.05, 3.63) is 30.1 Å². The van der Waals surface area contributed by atoms with Crippen molar-refractivity contribution in [3.63, 3.8) is 0 Å². The van der Waals surface area contributed by atoms with Gasteiger partial charge in [-0.25, -0.2) is 0 Å². The predicted octanol–water partition coefficient (Wildman–Crippen LogP) is 1.59. The van der Waals surface area contributed by atoms with Crippen molar-refractivity contribution in [3.8, 4) is 6.19 Å². The van der Waals surface area contributed by atoms with Crippen LogP contribution in [0.25, 0.3) is 0 Å². The Balaban J connectivity index is 1.52. The van der Waals surface area contributed by atoms with E-state index in [2.05, 4.69) is 11.2 Å². The predicted molar refractivity (Wildman–Crippen MR) is 78.1 cm³/mol. The first-order valence-electron chi connectivity index (χ1n) is 7.59. The average Bonchev–Trinajstić information content (AvgIpc) is 3.17. The summed E-state index contributed by atoms with van der Waals surface area (Å²) in [7, 11) is 0. The van der Waals surface area contributed by atoms with Crippen LogP contribution in [0.2, 0.25) is 0 Å². The number of carbonyl (C=O) groups is 1. The maximum absolute atomic E-state index is 12.4. The minimum Gasteiger partial charge on any atom is -0.342 e. The molecule has 2 saturated heterocycles. The highest BCUT2D eigenvalue weighted by Gasteiger charge is 2.31. The summed E-state index contributed by atoms with van der Waals surface area (Å²) < 4.78 is 0. The Labute approximate surface area is 125 Å². The van der Waals surface area contributed by atoms with E-state index in [0.717, 1.165) is 44.7 Å². The number of pyridine rings is 1. The quantitative estimate of drug-likeness (QED) is 0.791. The summed E-state index contributed by atoms with van der Waals surface area (Å²) in [5, 5.41) is 8.86. The fraction of sp³-hybridized carbons (Fsp3) is 0.562. The number of hydrogen-bond donors (Lipinski definition) is 0. The van der Waals surface area contributed by atoms with Crippen molar-refractivity contribution in [1.82, 2.24) is 14.8 Å². The first-order chi connectivity index (χ1) is 10.3. The Bertz CT molecular complexity index is 539. The summed E-state index contributed by atoms with van der Waals surface area (Å²) in [5.41, 5.74) is 1.09. The minimum atomic E-state index is 0.234. The van der Waals surface area contributed by atoms with E-state index in [1.54, 1.807) is 4.90 Å². The van der Waals surface area contributed by atoms with Crippen LogP contribution in [0.4, 0.5) is 0 Å². The van der Waals surface area contributed by atoms with E-state index >= 15 is 0 Å². The number of nitrogens with zero attached hydrogens (tertiary/aromatic N) is 4. The van der Waals surface area contributed by atoms with Gasteiger partial charge in [-0.15, -0.1) is 0 Å². The van der Waals surface area contributed by atoms with Gasteiger partial charge in [0.2, 0.25) is 5.91 Å². The van der Waals surface area contributed by atoms with Crippen molar-refractivity contribution in [2.75, 3.05) is 26.2 Å². The molecule has 21 heavy (non-hydrogen) atoms. The molecule has 1 unspecified atom stereocenters. The number of carbonyl (C=O) groups excluding carboxylic acids is 1. The van der Waals surface area contributed by atoms with Gasteiger partial charge in [-0.1, -0.05) is 6.07 Å². The lowest BCUT2D eigenvalue weighted by atomic mass is 10.0. The van der Waals surface area contributed by atoms with Gasteiger partial charge in [0.1, 0.15) is 0 Å². The molecule has 3 rings (SSSR count). The second-order valence-corrected chi connectivity index (χ2v) is 5.98. The van der Waals surface area contributed by atoms with Crippen LogP contribution in [0.15, 0.2) is 24.4 Å². The number of nitriles is 1. The molecule has 3 heterocycles. The Morgan fingerprint density at radius 3 is 2.95 bits per heavy atom. The molecule has 110 valence electrons.